The van der Waals surface area contributed by atoms with E-state index >= 15 is 0 Å². The zero-order valence-electron chi connectivity index (χ0n) is 56.2. The average Bonchev–Trinajstić information content (AvgIpc) is 3.48. The van der Waals surface area contributed by atoms with Gasteiger partial charge in [-0.05, 0) is 77.0 Å². The van der Waals surface area contributed by atoms with Gasteiger partial charge >= 0.3 is 17.9 Å². The highest BCUT2D eigenvalue weighted by Gasteiger charge is 2.20. The monoisotopic (exact) mass is 1170 g/mol. The van der Waals surface area contributed by atoms with Crippen LogP contribution >= 0.6 is 0 Å². The maximum absolute atomic E-state index is 13.0. The highest BCUT2D eigenvalue weighted by molar-refractivity contribution is 5.71. The summed E-state index contributed by atoms with van der Waals surface area (Å²) in [5, 5.41) is 0. The Balaban J connectivity index is 4.12. The molecule has 83 heavy (non-hydrogen) atoms. The number of allylic oxidation sites excluding steroid dienone is 6. The molecule has 0 rings (SSSR count). The maximum Gasteiger partial charge on any atom is 0.306 e. The largest absolute Gasteiger partial charge is 0.462 e. The van der Waals surface area contributed by atoms with Crippen molar-refractivity contribution >= 4 is 17.9 Å². The van der Waals surface area contributed by atoms with Crippen LogP contribution in [0.5, 0.6) is 0 Å². The van der Waals surface area contributed by atoms with Crippen molar-refractivity contribution in [3.8, 4) is 0 Å². The van der Waals surface area contributed by atoms with E-state index in [0.29, 0.717) is 19.3 Å². The Kier molecular flexibility index (Phi) is 70.0. The molecule has 0 N–H and O–H groups in total. The molecule has 0 heterocycles. The number of hydrogen-bond acceptors (Lipinski definition) is 6. The van der Waals surface area contributed by atoms with Crippen LogP contribution in [0.2, 0.25) is 0 Å². The molecule has 0 aliphatic rings. The standard InChI is InChI=1S/C77H144O6/c1-4-7-10-13-16-19-22-24-26-28-30-32-34-35-36-37-38-39-40-41-43-44-46-48-50-52-55-58-61-64-67-70-76(79)82-73-74(72-81-75(78)69-66-63-60-57-54-21-18-15-12-9-6-3)83-77(80)71-68-65-62-59-56-53-51-49-47-45-42-33-31-29-27-25-23-20-17-14-11-8-5-2/h23,25,28-31,74H,4-22,24,26-27,32-73H2,1-3H3/b25-23-,30-28-,31-29-. The van der Waals surface area contributed by atoms with Crippen molar-refractivity contribution in [1.82, 2.24) is 0 Å². The van der Waals surface area contributed by atoms with Crippen LogP contribution in [0.15, 0.2) is 36.5 Å². The first-order valence-corrected chi connectivity index (χ1v) is 37.5. The fourth-order valence-corrected chi connectivity index (χ4v) is 11.5. The maximum atomic E-state index is 13.0. The summed E-state index contributed by atoms with van der Waals surface area (Å²) in [5.41, 5.74) is 0. The van der Waals surface area contributed by atoms with Crippen LogP contribution in [-0.2, 0) is 28.6 Å². The van der Waals surface area contributed by atoms with Crippen LogP contribution in [0.25, 0.3) is 0 Å². The number of carbonyl (C=O) groups excluding carboxylic acids is 3. The molecule has 0 radical (unpaired) electrons. The number of carbonyl (C=O) groups is 3. The van der Waals surface area contributed by atoms with E-state index in [-0.39, 0.29) is 31.1 Å². The van der Waals surface area contributed by atoms with Crippen LogP contribution in [-0.4, -0.2) is 37.2 Å². The summed E-state index contributed by atoms with van der Waals surface area (Å²) in [5.74, 6) is -0.839. The number of rotatable bonds is 70. The summed E-state index contributed by atoms with van der Waals surface area (Å²) >= 11 is 0. The Hall–Kier alpha value is -2.37. The SMILES string of the molecule is CCCCCCC/C=C\C/C=C\CCCCCCCCCCCCCC(=O)OC(COC(=O)CCCCCCCCCCCCC)COC(=O)CCCCCCCCCCCCCCCCCCCCC/C=C\CCCCCCCCCC. The van der Waals surface area contributed by atoms with E-state index in [0.717, 1.165) is 64.2 Å². The van der Waals surface area contributed by atoms with Crippen molar-refractivity contribution in [2.45, 2.75) is 425 Å². The lowest BCUT2D eigenvalue weighted by atomic mass is 10.0. The Labute approximate surface area is 518 Å². The van der Waals surface area contributed by atoms with E-state index in [1.165, 1.54) is 315 Å². The van der Waals surface area contributed by atoms with Crippen LogP contribution < -0.4 is 0 Å². The molecule has 0 saturated carbocycles. The van der Waals surface area contributed by atoms with Crippen molar-refractivity contribution < 1.29 is 28.6 Å². The molecule has 6 nitrogen and oxygen atoms in total. The summed E-state index contributed by atoms with van der Waals surface area (Å²) in [7, 11) is 0. The van der Waals surface area contributed by atoms with Crippen molar-refractivity contribution in [1.29, 1.82) is 0 Å². The summed E-state index contributed by atoms with van der Waals surface area (Å²) in [6.07, 6.45) is 90.6. The van der Waals surface area contributed by atoms with E-state index in [4.69, 9.17) is 14.2 Å². The Bertz CT molecular complexity index is 1380. The third kappa shape index (κ3) is 70.3. The van der Waals surface area contributed by atoms with E-state index in [1.54, 1.807) is 0 Å². The van der Waals surface area contributed by atoms with Crippen molar-refractivity contribution in [3.05, 3.63) is 36.5 Å². The molecule has 0 fully saturated rings. The molecule has 0 spiro atoms. The first-order valence-electron chi connectivity index (χ1n) is 37.5. The van der Waals surface area contributed by atoms with Crippen molar-refractivity contribution in [2.75, 3.05) is 13.2 Å². The second-order valence-corrected chi connectivity index (χ2v) is 25.6. The van der Waals surface area contributed by atoms with Gasteiger partial charge in [0.1, 0.15) is 13.2 Å². The summed E-state index contributed by atoms with van der Waals surface area (Å²) in [6, 6.07) is 0. The normalized spacial score (nSPS) is 12.2. The highest BCUT2D eigenvalue weighted by atomic mass is 16.6. The van der Waals surface area contributed by atoms with Crippen LogP contribution in [0.4, 0.5) is 0 Å². The highest BCUT2D eigenvalue weighted by Crippen LogP contribution is 2.19. The van der Waals surface area contributed by atoms with Gasteiger partial charge in [0.05, 0.1) is 0 Å². The zero-order valence-corrected chi connectivity index (χ0v) is 56.2. The van der Waals surface area contributed by atoms with Crippen molar-refractivity contribution in [2.24, 2.45) is 0 Å². The summed E-state index contributed by atoms with van der Waals surface area (Å²) < 4.78 is 17.0. The third-order valence-corrected chi connectivity index (χ3v) is 17.1. The van der Waals surface area contributed by atoms with Gasteiger partial charge in [-0.1, -0.05) is 359 Å². The predicted octanol–water partition coefficient (Wildman–Crippen LogP) is 25.9. The first-order chi connectivity index (χ1) is 41.0. The average molecular weight is 1170 g/mol. The topological polar surface area (TPSA) is 78.9 Å². The smallest absolute Gasteiger partial charge is 0.306 e. The fraction of sp³-hybridized carbons (Fsp3) is 0.883. The van der Waals surface area contributed by atoms with Gasteiger partial charge in [0, 0.05) is 19.3 Å². The first kappa shape index (κ1) is 80.6. The fourth-order valence-electron chi connectivity index (χ4n) is 11.5. The van der Waals surface area contributed by atoms with Gasteiger partial charge in [-0.15, -0.1) is 0 Å². The zero-order chi connectivity index (χ0) is 59.9. The van der Waals surface area contributed by atoms with Gasteiger partial charge in [0.2, 0.25) is 0 Å². The lowest BCUT2D eigenvalue weighted by Gasteiger charge is -2.18. The summed E-state index contributed by atoms with van der Waals surface area (Å²) in [4.78, 5) is 38.4. The molecule has 6 heteroatoms. The minimum absolute atomic E-state index is 0.0668. The molecule has 1 unspecified atom stereocenters. The van der Waals surface area contributed by atoms with E-state index in [9.17, 15) is 14.4 Å². The molecule has 0 saturated heterocycles. The van der Waals surface area contributed by atoms with Gasteiger partial charge in [-0.3, -0.25) is 14.4 Å². The van der Waals surface area contributed by atoms with Gasteiger partial charge in [-0.25, -0.2) is 0 Å². The van der Waals surface area contributed by atoms with Gasteiger partial charge in [0.25, 0.3) is 0 Å². The minimum atomic E-state index is -0.770. The molecule has 488 valence electrons. The molecule has 0 amide bonds. The van der Waals surface area contributed by atoms with E-state index in [1.807, 2.05) is 0 Å². The number of ether oxygens (including phenoxy) is 3. The van der Waals surface area contributed by atoms with Gasteiger partial charge in [0.15, 0.2) is 6.10 Å². The van der Waals surface area contributed by atoms with Crippen LogP contribution in [0, 0.1) is 0 Å². The minimum Gasteiger partial charge on any atom is -0.462 e. The number of hydrogen-bond donors (Lipinski definition) is 0. The van der Waals surface area contributed by atoms with Gasteiger partial charge < -0.3 is 14.2 Å². The third-order valence-electron chi connectivity index (χ3n) is 17.1. The molecule has 0 aromatic rings. The molecule has 1 atom stereocenters. The second-order valence-electron chi connectivity index (χ2n) is 25.6. The van der Waals surface area contributed by atoms with E-state index < -0.39 is 6.10 Å². The van der Waals surface area contributed by atoms with Crippen LogP contribution in [0.1, 0.15) is 419 Å². The number of unbranched alkanes of at least 4 members (excludes halogenated alkanes) is 53. The number of esters is 3. The Morgan fingerprint density at radius 3 is 0.675 bits per heavy atom. The summed E-state index contributed by atoms with van der Waals surface area (Å²) in [6.45, 7) is 6.70. The molecule has 0 aromatic heterocycles. The van der Waals surface area contributed by atoms with Gasteiger partial charge in [-0.2, -0.15) is 0 Å². The quantitative estimate of drug-likeness (QED) is 0.0261. The molecule has 0 bridgehead atoms. The van der Waals surface area contributed by atoms with Crippen molar-refractivity contribution in [3.63, 3.8) is 0 Å². The molecule has 0 aromatic carbocycles. The van der Waals surface area contributed by atoms with Crippen LogP contribution in [0.3, 0.4) is 0 Å². The molecule has 0 aliphatic heterocycles. The molecule has 0 aliphatic carbocycles. The second kappa shape index (κ2) is 72.1. The predicted molar refractivity (Wildman–Crippen MR) is 362 cm³/mol. The lowest BCUT2D eigenvalue weighted by molar-refractivity contribution is -0.167. The lowest BCUT2D eigenvalue weighted by Crippen LogP contribution is -2.30. The molecular formula is C77H144O6. The Morgan fingerprint density at radius 2 is 0.434 bits per heavy atom. The molecular weight excluding hydrogens is 1020 g/mol. The Morgan fingerprint density at radius 1 is 0.241 bits per heavy atom. The van der Waals surface area contributed by atoms with E-state index in [2.05, 4.69) is 57.2 Å².